The van der Waals surface area contributed by atoms with E-state index in [0.717, 1.165) is 19.6 Å². The lowest BCUT2D eigenvalue weighted by molar-refractivity contribution is -0.00437. The first kappa shape index (κ1) is 17.0. The van der Waals surface area contributed by atoms with Crippen molar-refractivity contribution in [3.8, 4) is 0 Å². The lowest BCUT2D eigenvalue weighted by atomic mass is 9.75. The van der Waals surface area contributed by atoms with Crippen molar-refractivity contribution in [3.05, 3.63) is 59.0 Å². The van der Waals surface area contributed by atoms with Crippen LogP contribution >= 0.6 is 0 Å². The molecule has 5 heterocycles. The van der Waals surface area contributed by atoms with Crippen LogP contribution in [0.3, 0.4) is 0 Å². The molecular weight excluding hydrogens is 340 g/mol. The average molecular weight is 366 g/mol. The fourth-order valence-electron chi connectivity index (χ4n) is 5.48. The Morgan fingerprint density at radius 3 is 2.52 bits per heavy atom. The second kappa shape index (κ2) is 6.50. The Balaban J connectivity index is 1.50. The highest BCUT2D eigenvalue weighted by Gasteiger charge is 2.54. The Morgan fingerprint density at radius 2 is 1.85 bits per heavy atom. The third-order valence-electron chi connectivity index (χ3n) is 6.79. The summed E-state index contributed by atoms with van der Waals surface area (Å²) in [6.45, 7) is 4.96. The highest BCUT2D eigenvalue weighted by atomic mass is 16.4. The van der Waals surface area contributed by atoms with Gasteiger partial charge < -0.3 is 14.4 Å². The van der Waals surface area contributed by atoms with Crippen LogP contribution in [0.1, 0.15) is 46.2 Å². The zero-order chi connectivity index (χ0) is 18.5. The number of aliphatic hydroxyl groups excluding tert-OH is 1. The number of carbonyl (C=O) groups excluding carboxylic acids is 1. The summed E-state index contributed by atoms with van der Waals surface area (Å²) in [5.74, 6) is 1.67. The number of furan rings is 1. The quantitative estimate of drug-likeness (QED) is 0.908. The van der Waals surface area contributed by atoms with Gasteiger partial charge >= 0.3 is 0 Å². The molecule has 5 nitrogen and oxygen atoms in total. The topological polar surface area (TPSA) is 56.9 Å². The van der Waals surface area contributed by atoms with E-state index in [1.807, 2.05) is 0 Å². The molecule has 4 aliphatic rings. The maximum atomic E-state index is 13.3. The van der Waals surface area contributed by atoms with Gasteiger partial charge in [-0.25, -0.2) is 0 Å². The van der Waals surface area contributed by atoms with Crippen molar-refractivity contribution in [2.24, 2.45) is 5.92 Å². The predicted molar refractivity (Wildman–Crippen MR) is 101 cm³/mol. The van der Waals surface area contributed by atoms with Gasteiger partial charge in [-0.05, 0) is 56.5 Å². The van der Waals surface area contributed by atoms with Crippen molar-refractivity contribution >= 4 is 5.91 Å². The number of fused-ring (bicyclic) bond motifs is 2. The third-order valence-corrected chi connectivity index (χ3v) is 6.79. The molecule has 0 radical (unpaired) electrons. The van der Waals surface area contributed by atoms with Gasteiger partial charge in [-0.3, -0.25) is 9.69 Å². The molecule has 142 valence electrons. The first-order chi connectivity index (χ1) is 13.2. The molecule has 27 heavy (non-hydrogen) atoms. The normalized spacial score (nSPS) is 31.9. The van der Waals surface area contributed by atoms with Gasteiger partial charge in [0.2, 0.25) is 0 Å². The van der Waals surface area contributed by atoms with E-state index < -0.39 is 0 Å². The Kier molecular flexibility index (Phi) is 4.10. The molecule has 5 heteroatoms. The highest BCUT2D eigenvalue weighted by Crippen LogP contribution is 2.47. The number of aliphatic hydroxyl groups is 1. The molecule has 4 fully saturated rings. The number of amides is 1. The Hall–Kier alpha value is -2.11. The van der Waals surface area contributed by atoms with E-state index in [2.05, 4.69) is 41.0 Å². The predicted octanol–water partition coefficient (Wildman–Crippen LogP) is 2.78. The van der Waals surface area contributed by atoms with Crippen molar-refractivity contribution in [2.45, 2.75) is 44.4 Å². The van der Waals surface area contributed by atoms with E-state index in [9.17, 15) is 9.90 Å². The molecule has 0 aliphatic carbocycles. The standard InChI is InChI=1S/C22H26N2O3/c1-14-2-4-15(5-3-14)18-12-24(22(26)19-7-6-17(13-25)27-19)20-16-8-10-23(11-9-16)21(18)20/h2-7,16,18,20-21,25H,8-13H2,1H3/t18-,20+,21+/m0/s1. The van der Waals surface area contributed by atoms with E-state index in [1.165, 1.54) is 24.0 Å². The summed E-state index contributed by atoms with van der Waals surface area (Å²) >= 11 is 0. The minimum absolute atomic E-state index is 0.0342. The van der Waals surface area contributed by atoms with E-state index in [-0.39, 0.29) is 18.6 Å². The van der Waals surface area contributed by atoms with E-state index >= 15 is 0 Å². The summed E-state index contributed by atoms with van der Waals surface area (Å²) in [5, 5.41) is 9.26. The molecule has 3 atom stereocenters. The van der Waals surface area contributed by atoms with Crippen molar-refractivity contribution in [1.82, 2.24) is 9.80 Å². The fourth-order valence-corrected chi connectivity index (χ4v) is 5.48. The SMILES string of the molecule is Cc1ccc([C@@H]2CN(C(=O)c3ccc(CO)o3)[C@@H]3C4CCN(CC4)[C@@H]32)cc1. The minimum Gasteiger partial charge on any atom is -0.453 e. The number of nitrogens with zero attached hydrogens (tertiary/aromatic N) is 2. The number of hydrogen-bond donors (Lipinski definition) is 1. The first-order valence-electron chi connectivity index (χ1n) is 9.97. The smallest absolute Gasteiger partial charge is 0.289 e. The number of hydrogen-bond acceptors (Lipinski definition) is 4. The van der Waals surface area contributed by atoms with Gasteiger partial charge in [0.05, 0.1) is 6.04 Å². The van der Waals surface area contributed by atoms with Crippen LogP contribution < -0.4 is 0 Å². The number of carbonyl (C=O) groups is 1. The monoisotopic (exact) mass is 366 g/mol. The van der Waals surface area contributed by atoms with Crippen molar-refractivity contribution < 1.29 is 14.3 Å². The van der Waals surface area contributed by atoms with Crippen LogP contribution in [0.2, 0.25) is 0 Å². The number of aryl methyl sites for hydroxylation is 1. The Bertz CT molecular complexity index is 835. The summed E-state index contributed by atoms with van der Waals surface area (Å²) < 4.78 is 5.57. The molecule has 0 saturated carbocycles. The first-order valence-corrected chi connectivity index (χ1v) is 9.97. The molecule has 1 amide bonds. The van der Waals surface area contributed by atoms with Gasteiger partial charge in [-0.15, -0.1) is 0 Å². The van der Waals surface area contributed by atoms with Gasteiger partial charge in [0.1, 0.15) is 12.4 Å². The summed E-state index contributed by atoms with van der Waals surface area (Å²) in [4.78, 5) is 17.9. The van der Waals surface area contributed by atoms with Crippen LogP contribution in [-0.4, -0.2) is 52.5 Å². The lowest BCUT2D eigenvalue weighted by Gasteiger charge is -2.51. The zero-order valence-corrected chi connectivity index (χ0v) is 15.7. The highest BCUT2D eigenvalue weighted by molar-refractivity contribution is 5.92. The Labute approximate surface area is 159 Å². The summed E-state index contributed by atoms with van der Waals surface area (Å²) in [6.07, 6.45) is 2.34. The molecule has 1 aromatic carbocycles. The van der Waals surface area contributed by atoms with E-state index in [1.54, 1.807) is 12.1 Å². The molecule has 2 bridgehead atoms. The molecule has 2 aromatic rings. The second-order valence-corrected chi connectivity index (χ2v) is 8.25. The molecule has 4 saturated heterocycles. The number of benzene rings is 1. The molecular formula is C22H26N2O3. The van der Waals surface area contributed by atoms with Crippen LogP contribution in [0, 0.1) is 12.8 Å². The summed E-state index contributed by atoms with van der Waals surface area (Å²) in [5.41, 5.74) is 2.59. The summed E-state index contributed by atoms with van der Waals surface area (Å²) in [7, 11) is 0. The van der Waals surface area contributed by atoms with Gasteiger partial charge in [0.15, 0.2) is 5.76 Å². The van der Waals surface area contributed by atoms with E-state index in [0.29, 0.717) is 29.4 Å². The maximum absolute atomic E-state index is 13.3. The van der Waals surface area contributed by atoms with E-state index in [4.69, 9.17) is 4.42 Å². The van der Waals surface area contributed by atoms with Crippen LogP contribution in [0.5, 0.6) is 0 Å². The van der Waals surface area contributed by atoms with Gasteiger partial charge in [-0.1, -0.05) is 29.8 Å². The number of rotatable bonds is 3. The molecule has 4 aliphatic heterocycles. The molecule has 1 aromatic heterocycles. The van der Waals surface area contributed by atoms with Crippen LogP contribution in [0.25, 0.3) is 0 Å². The van der Waals surface area contributed by atoms with Crippen LogP contribution in [0.15, 0.2) is 40.8 Å². The fraction of sp³-hybridized carbons (Fsp3) is 0.500. The van der Waals surface area contributed by atoms with Gasteiger partial charge in [0, 0.05) is 18.5 Å². The molecule has 1 N–H and O–H groups in total. The molecule has 6 rings (SSSR count). The third kappa shape index (κ3) is 2.72. The van der Waals surface area contributed by atoms with Gasteiger partial charge in [0.25, 0.3) is 5.91 Å². The van der Waals surface area contributed by atoms with Crippen LogP contribution in [0.4, 0.5) is 0 Å². The Morgan fingerprint density at radius 1 is 1.11 bits per heavy atom. The molecule has 0 unspecified atom stereocenters. The van der Waals surface area contributed by atoms with Crippen molar-refractivity contribution in [3.63, 3.8) is 0 Å². The average Bonchev–Trinajstić information content (AvgIpc) is 3.35. The molecule has 0 spiro atoms. The lowest BCUT2D eigenvalue weighted by Crippen LogP contribution is -2.60. The number of likely N-dealkylation sites (tertiary alicyclic amines) is 1. The van der Waals surface area contributed by atoms with Crippen molar-refractivity contribution in [1.29, 1.82) is 0 Å². The largest absolute Gasteiger partial charge is 0.453 e. The van der Waals surface area contributed by atoms with Crippen molar-refractivity contribution in [2.75, 3.05) is 19.6 Å². The number of piperidine rings is 3. The van der Waals surface area contributed by atoms with Crippen LogP contribution in [-0.2, 0) is 6.61 Å². The zero-order valence-electron chi connectivity index (χ0n) is 15.7. The maximum Gasteiger partial charge on any atom is 0.289 e. The summed E-state index contributed by atoms with van der Waals surface area (Å²) in [6, 6.07) is 12.8. The van der Waals surface area contributed by atoms with Gasteiger partial charge in [-0.2, -0.15) is 0 Å². The second-order valence-electron chi connectivity index (χ2n) is 8.25. The minimum atomic E-state index is -0.179.